The van der Waals surface area contributed by atoms with E-state index in [0.29, 0.717) is 25.3 Å². The van der Waals surface area contributed by atoms with Gasteiger partial charge < -0.3 is 19.7 Å². The van der Waals surface area contributed by atoms with Crippen LogP contribution in [-0.4, -0.2) is 43.0 Å². The van der Waals surface area contributed by atoms with Gasteiger partial charge in [-0.3, -0.25) is 9.59 Å². The monoisotopic (exact) mass is 412 g/mol. The summed E-state index contributed by atoms with van der Waals surface area (Å²) in [4.78, 5) is 27.3. The van der Waals surface area contributed by atoms with E-state index >= 15 is 0 Å². The molecule has 162 valence electrons. The molecular formula is C24H32N2O4. The zero-order chi connectivity index (χ0) is 22.1. The van der Waals surface area contributed by atoms with Crippen molar-refractivity contribution in [1.29, 1.82) is 0 Å². The number of methoxy groups -OCH3 is 1. The molecule has 2 aromatic rings. The number of carbonyl (C=O) groups excluding carboxylic acids is 2. The van der Waals surface area contributed by atoms with Gasteiger partial charge in [-0.2, -0.15) is 0 Å². The number of aryl methyl sites for hydroxylation is 2. The van der Waals surface area contributed by atoms with Crippen LogP contribution >= 0.6 is 0 Å². The summed E-state index contributed by atoms with van der Waals surface area (Å²) in [7, 11) is 1.61. The quantitative estimate of drug-likeness (QED) is 0.647. The van der Waals surface area contributed by atoms with Crippen LogP contribution in [0.2, 0.25) is 0 Å². The van der Waals surface area contributed by atoms with Crippen LogP contribution < -0.4 is 14.8 Å². The third-order valence-corrected chi connectivity index (χ3v) is 4.93. The van der Waals surface area contributed by atoms with Crippen molar-refractivity contribution in [3.05, 3.63) is 59.2 Å². The Bertz CT molecular complexity index is 849. The highest BCUT2D eigenvalue weighted by molar-refractivity contribution is 5.88. The first-order chi connectivity index (χ1) is 14.4. The van der Waals surface area contributed by atoms with E-state index in [2.05, 4.69) is 5.32 Å². The molecule has 0 aliphatic heterocycles. The summed E-state index contributed by atoms with van der Waals surface area (Å²) in [6.07, 6.45) is 0.511. The first-order valence-electron chi connectivity index (χ1n) is 10.3. The van der Waals surface area contributed by atoms with Crippen LogP contribution in [0.4, 0.5) is 0 Å². The molecule has 0 aliphatic rings. The maximum Gasteiger partial charge on any atom is 0.261 e. The number of benzene rings is 2. The van der Waals surface area contributed by atoms with Gasteiger partial charge in [0.05, 0.1) is 7.11 Å². The third-order valence-electron chi connectivity index (χ3n) is 4.93. The predicted molar refractivity (Wildman–Crippen MR) is 118 cm³/mol. The van der Waals surface area contributed by atoms with E-state index in [0.717, 1.165) is 22.4 Å². The number of nitrogens with zero attached hydrogens (tertiary/aromatic N) is 1. The lowest BCUT2D eigenvalue weighted by atomic mass is 10.1. The third kappa shape index (κ3) is 6.24. The summed E-state index contributed by atoms with van der Waals surface area (Å²) < 4.78 is 11.0. The van der Waals surface area contributed by atoms with Crippen molar-refractivity contribution in [3.8, 4) is 11.5 Å². The highest BCUT2D eigenvalue weighted by atomic mass is 16.5. The first-order valence-corrected chi connectivity index (χ1v) is 10.3. The van der Waals surface area contributed by atoms with E-state index in [-0.39, 0.29) is 18.4 Å². The molecule has 0 aromatic heterocycles. The minimum absolute atomic E-state index is 0.129. The Kier molecular flexibility index (Phi) is 8.71. The molecule has 2 amide bonds. The Hall–Kier alpha value is -3.02. The number of ether oxygens (including phenoxy) is 2. The molecule has 0 heterocycles. The largest absolute Gasteiger partial charge is 0.497 e. The molecule has 0 saturated carbocycles. The Morgan fingerprint density at radius 3 is 2.33 bits per heavy atom. The van der Waals surface area contributed by atoms with E-state index < -0.39 is 6.04 Å². The fourth-order valence-corrected chi connectivity index (χ4v) is 3.32. The van der Waals surface area contributed by atoms with Gasteiger partial charge in [0.25, 0.3) is 5.91 Å². The number of nitrogens with one attached hydrogen (secondary N) is 1. The van der Waals surface area contributed by atoms with Crippen molar-refractivity contribution in [1.82, 2.24) is 10.2 Å². The van der Waals surface area contributed by atoms with Crippen LogP contribution in [0.3, 0.4) is 0 Å². The molecule has 1 atom stereocenters. The van der Waals surface area contributed by atoms with Crippen molar-refractivity contribution in [2.24, 2.45) is 0 Å². The van der Waals surface area contributed by atoms with Crippen LogP contribution in [-0.2, 0) is 16.1 Å². The van der Waals surface area contributed by atoms with Crippen LogP contribution in [0.25, 0.3) is 0 Å². The number of amides is 2. The zero-order valence-electron chi connectivity index (χ0n) is 18.5. The Labute approximate surface area is 179 Å². The molecule has 6 heteroatoms. The van der Waals surface area contributed by atoms with Gasteiger partial charge >= 0.3 is 0 Å². The standard InChI is InChI=1S/C24H32N2O4/c1-6-21(24(28)25-7-2)26(15-19-9-11-20(29-5)12-10-19)23(27)16-30-22-13-8-17(3)14-18(22)4/h8-14,21H,6-7,15-16H2,1-5H3,(H,25,28). The normalized spacial score (nSPS) is 11.5. The average Bonchev–Trinajstić information content (AvgIpc) is 2.73. The lowest BCUT2D eigenvalue weighted by Crippen LogP contribution is -2.50. The molecule has 0 spiro atoms. The smallest absolute Gasteiger partial charge is 0.261 e. The lowest BCUT2D eigenvalue weighted by Gasteiger charge is -2.30. The topological polar surface area (TPSA) is 67.9 Å². The molecular weight excluding hydrogens is 380 g/mol. The summed E-state index contributed by atoms with van der Waals surface area (Å²) in [6.45, 7) is 8.43. The summed E-state index contributed by atoms with van der Waals surface area (Å²) in [5.41, 5.74) is 3.02. The zero-order valence-corrected chi connectivity index (χ0v) is 18.5. The number of rotatable bonds is 10. The molecule has 0 aliphatic carbocycles. The minimum Gasteiger partial charge on any atom is -0.497 e. The number of carbonyl (C=O) groups is 2. The van der Waals surface area contributed by atoms with Gasteiger partial charge in [-0.05, 0) is 56.5 Å². The fraction of sp³-hybridized carbons (Fsp3) is 0.417. The Morgan fingerprint density at radius 2 is 1.77 bits per heavy atom. The molecule has 0 bridgehead atoms. The molecule has 30 heavy (non-hydrogen) atoms. The highest BCUT2D eigenvalue weighted by Crippen LogP contribution is 2.20. The summed E-state index contributed by atoms with van der Waals surface area (Å²) in [5, 5.41) is 2.83. The lowest BCUT2D eigenvalue weighted by molar-refractivity contribution is -0.142. The molecule has 2 aromatic carbocycles. The van der Waals surface area contributed by atoms with Gasteiger partial charge in [0.15, 0.2) is 6.61 Å². The summed E-state index contributed by atoms with van der Waals surface area (Å²) in [5.74, 6) is 1.02. The molecule has 0 saturated heterocycles. The first kappa shape index (κ1) is 23.3. The van der Waals surface area contributed by atoms with Crippen LogP contribution in [0.1, 0.15) is 37.0 Å². The fourth-order valence-electron chi connectivity index (χ4n) is 3.32. The van der Waals surface area contributed by atoms with Crippen molar-refractivity contribution < 1.29 is 19.1 Å². The maximum absolute atomic E-state index is 13.1. The van der Waals surface area contributed by atoms with Crippen molar-refractivity contribution >= 4 is 11.8 Å². The Balaban J connectivity index is 2.21. The molecule has 6 nitrogen and oxygen atoms in total. The second kappa shape index (κ2) is 11.2. The SMILES string of the molecule is CCNC(=O)C(CC)N(Cc1ccc(OC)cc1)C(=O)COc1ccc(C)cc1C. The van der Waals surface area contributed by atoms with Gasteiger partial charge in [0, 0.05) is 13.1 Å². The number of hydrogen-bond acceptors (Lipinski definition) is 4. The Morgan fingerprint density at radius 1 is 1.07 bits per heavy atom. The average molecular weight is 413 g/mol. The van der Waals surface area contributed by atoms with E-state index in [1.165, 1.54) is 0 Å². The van der Waals surface area contributed by atoms with E-state index in [1.54, 1.807) is 12.0 Å². The molecule has 0 fully saturated rings. The summed E-state index contributed by atoms with van der Waals surface area (Å²) in [6, 6.07) is 12.7. The van der Waals surface area contributed by atoms with Crippen molar-refractivity contribution in [3.63, 3.8) is 0 Å². The van der Waals surface area contributed by atoms with Gasteiger partial charge in [-0.15, -0.1) is 0 Å². The molecule has 1 N–H and O–H groups in total. The predicted octanol–water partition coefficient (Wildman–Crippen LogP) is 3.63. The van der Waals surface area contributed by atoms with Gasteiger partial charge in [-0.1, -0.05) is 36.8 Å². The van der Waals surface area contributed by atoms with Gasteiger partial charge in [0.1, 0.15) is 17.5 Å². The maximum atomic E-state index is 13.1. The van der Waals surface area contributed by atoms with Crippen LogP contribution in [0.5, 0.6) is 11.5 Å². The second-order valence-electron chi connectivity index (χ2n) is 7.25. The van der Waals surface area contributed by atoms with Gasteiger partial charge in [-0.25, -0.2) is 0 Å². The number of hydrogen-bond donors (Lipinski definition) is 1. The van der Waals surface area contributed by atoms with E-state index in [4.69, 9.17) is 9.47 Å². The molecule has 1 unspecified atom stereocenters. The summed E-state index contributed by atoms with van der Waals surface area (Å²) >= 11 is 0. The minimum atomic E-state index is -0.567. The van der Waals surface area contributed by atoms with Gasteiger partial charge in [0.2, 0.25) is 5.91 Å². The van der Waals surface area contributed by atoms with E-state index in [1.807, 2.05) is 70.2 Å². The highest BCUT2D eigenvalue weighted by Gasteiger charge is 2.28. The molecule has 2 rings (SSSR count). The molecule has 0 radical (unpaired) electrons. The second-order valence-corrected chi connectivity index (χ2v) is 7.25. The number of likely N-dealkylation sites (N-methyl/N-ethyl adjacent to an activating group) is 1. The van der Waals surface area contributed by atoms with Crippen molar-refractivity contribution in [2.75, 3.05) is 20.3 Å². The van der Waals surface area contributed by atoms with Crippen LogP contribution in [0, 0.1) is 13.8 Å². The van der Waals surface area contributed by atoms with Crippen molar-refractivity contribution in [2.45, 2.75) is 46.7 Å². The van der Waals surface area contributed by atoms with Crippen LogP contribution in [0.15, 0.2) is 42.5 Å². The van der Waals surface area contributed by atoms with E-state index in [9.17, 15) is 9.59 Å².